The topological polar surface area (TPSA) is 42.5 Å². The minimum absolute atomic E-state index is 0.389. The maximum atomic E-state index is 4.54. The van der Waals surface area contributed by atoms with Crippen molar-refractivity contribution in [3.05, 3.63) is 12.5 Å². The lowest BCUT2D eigenvalue weighted by molar-refractivity contribution is 0.0920. The Morgan fingerprint density at radius 2 is 1.60 bits per heavy atom. The molecule has 0 radical (unpaired) electrons. The van der Waals surface area contributed by atoms with Gasteiger partial charge in [-0.25, -0.2) is 0 Å². The third-order valence-corrected chi connectivity index (χ3v) is 1.11. The Morgan fingerprint density at radius 1 is 1.00 bits per heavy atom. The van der Waals surface area contributed by atoms with Crippen LogP contribution in [0, 0.1) is 0 Å². The van der Waals surface area contributed by atoms with Crippen LogP contribution in [-0.2, 0) is 9.47 Å². The Hall–Kier alpha value is -0.740. The van der Waals surface area contributed by atoms with Crippen LogP contribution in [0.5, 0.6) is 0 Å². The van der Waals surface area contributed by atoms with Gasteiger partial charge in [0.15, 0.2) is 0 Å². The van der Waals surface area contributed by atoms with E-state index in [1.54, 1.807) is 0 Å². The zero-order valence-electron chi connectivity index (χ0n) is 5.80. The second-order valence-electron chi connectivity index (χ2n) is 1.90. The third kappa shape index (κ3) is 3.32. The van der Waals surface area contributed by atoms with Crippen molar-refractivity contribution in [1.29, 1.82) is 0 Å². The molecule has 58 valence electrons. The summed E-state index contributed by atoms with van der Waals surface area (Å²) in [6, 6.07) is 0. The van der Waals surface area contributed by atoms with Crippen molar-refractivity contribution < 1.29 is 9.47 Å². The van der Waals surface area contributed by atoms with Gasteiger partial charge < -0.3 is 20.1 Å². The summed E-state index contributed by atoms with van der Waals surface area (Å²) in [5.74, 6) is 0. The van der Waals surface area contributed by atoms with Gasteiger partial charge in [-0.05, 0) is 0 Å². The van der Waals surface area contributed by atoms with E-state index in [2.05, 4.69) is 20.1 Å². The highest BCUT2D eigenvalue weighted by Gasteiger charge is 1.90. The van der Waals surface area contributed by atoms with Gasteiger partial charge in [-0.1, -0.05) is 0 Å². The van der Waals surface area contributed by atoms with Crippen LogP contribution in [0.1, 0.15) is 0 Å². The summed E-state index contributed by atoms with van der Waals surface area (Å²) in [7, 11) is 0. The van der Waals surface area contributed by atoms with Gasteiger partial charge in [-0.2, -0.15) is 0 Å². The standard InChI is InChI=1S/C3H8N2.C3H4O2/c2*1-2-5-3-4-1/h4-5H,1-3H2;1-2H,3H2. The van der Waals surface area contributed by atoms with Gasteiger partial charge in [0, 0.05) is 19.8 Å². The lowest BCUT2D eigenvalue weighted by Crippen LogP contribution is -2.11. The molecule has 0 spiro atoms. The minimum Gasteiger partial charge on any atom is -0.462 e. The predicted octanol–water partition coefficient (Wildman–Crippen LogP) is -0.401. The molecule has 2 rings (SSSR count). The van der Waals surface area contributed by atoms with Gasteiger partial charge in [0.25, 0.3) is 0 Å². The Labute approximate surface area is 60.2 Å². The molecule has 4 nitrogen and oxygen atoms in total. The fourth-order valence-electron chi connectivity index (χ4n) is 0.638. The van der Waals surface area contributed by atoms with Gasteiger partial charge in [-0.15, -0.1) is 0 Å². The van der Waals surface area contributed by atoms with Crippen LogP contribution in [0.15, 0.2) is 12.5 Å². The molecule has 2 N–H and O–H groups in total. The highest BCUT2D eigenvalue weighted by atomic mass is 16.7. The maximum Gasteiger partial charge on any atom is 0.229 e. The normalized spacial score (nSPS) is 20.8. The van der Waals surface area contributed by atoms with E-state index in [4.69, 9.17) is 0 Å². The Kier molecular flexibility index (Phi) is 3.74. The highest BCUT2D eigenvalue weighted by Crippen LogP contribution is 1.88. The Balaban J connectivity index is 0.0000001000. The van der Waals surface area contributed by atoms with Crippen molar-refractivity contribution in [2.24, 2.45) is 0 Å². The monoisotopic (exact) mass is 144 g/mol. The Morgan fingerprint density at radius 3 is 1.80 bits per heavy atom. The summed E-state index contributed by atoms with van der Waals surface area (Å²) in [5.41, 5.74) is 0. The number of hydrogen-bond donors (Lipinski definition) is 2. The fourth-order valence-corrected chi connectivity index (χ4v) is 0.638. The molecule has 10 heavy (non-hydrogen) atoms. The quantitative estimate of drug-likeness (QED) is 0.485. The molecule has 0 saturated carbocycles. The van der Waals surface area contributed by atoms with E-state index in [1.165, 1.54) is 12.5 Å². The summed E-state index contributed by atoms with van der Waals surface area (Å²) < 4.78 is 9.08. The van der Waals surface area contributed by atoms with Crippen LogP contribution < -0.4 is 10.6 Å². The summed E-state index contributed by atoms with van der Waals surface area (Å²) in [5, 5.41) is 6.22. The summed E-state index contributed by atoms with van der Waals surface area (Å²) in [6.45, 7) is 3.67. The minimum atomic E-state index is 0.389. The Bertz CT molecular complexity index is 88.3. The molecule has 0 bridgehead atoms. The third-order valence-electron chi connectivity index (χ3n) is 1.11. The van der Waals surface area contributed by atoms with Gasteiger partial charge in [0.2, 0.25) is 6.79 Å². The van der Waals surface area contributed by atoms with Gasteiger partial charge in [-0.3, -0.25) is 0 Å². The molecule has 1 saturated heterocycles. The molecule has 0 aromatic heterocycles. The molecule has 2 aliphatic heterocycles. The summed E-state index contributed by atoms with van der Waals surface area (Å²) in [4.78, 5) is 0. The molecule has 4 heteroatoms. The van der Waals surface area contributed by atoms with E-state index in [-0.39, 0.29) is 0 Å². The van der Waals surface area contributed by atoms with Crippen LogP contribution >= 0.6 is 0 Å². The van der Waals surface area contributed by atoms with Crippen LogP contribution in [-0.4, -0.2) is 26.6 Å². The second-order valence-corrected chi connectivity index (χ2v) is 1.90. The molecule has 0 aliphatic carbocycles. The molecule has 1 fully saturated rings. The molecular weight excluding hydrogens is 132 g/mol. The van der Waals surface area contributed by atoms with Crippen molar-refractivity contribution in [3.63, 3.8) is 0 Å². The molecule has 0 amide bonds. The number of nitrogens with one attached hydrogen (secondary N) is 2. The van der Waals surface area contributed by atoms with Gasteiger partial charge in [0.1, 0.15) is 12.5 Å². The lowest BCUT2D eigenvalue weighted by atomic mass is 10.7. The second kappa shape index (κ2) is 5.08. The van der Waals surface area contributed by atoms with E-state index in [0.717, 1.165) is 19.8 Å². The molecule has 0 atom stereocenters. The smallest absolute Gasteiger partial charge is 0.229 e. The van der Waals surface area contributed by atoms with Crippen LogP contribution in [0.3, 0.4) is 0 Å². The summed E-state index contributed by atoms with van der Waals surface area (Å²) in [6.07, 6.45) is 3.03. The van der Waals surface area contributed by atoms with Gasteiger partial charge in [0.05, 0.1) is 0 Å². The zero-order chi connectivity index (χ0) is 7.07. The van der Waals surface area contributed by atoms with E-state index in [1.807, 2.05) is 0 Å². The van der Waals surface area contributed by atoms with Crippen molar-refractivity contribution in [2.75, 3.05) is 26.6 Å². The lowest BCUT2D eigenvalue weighted by Gasteiger charge is -1.82. The van der Waals surface area contributed by atoms with Crippen molar-refractivity contribution in [1.82, 2.24) is 10.6 Å². The largest absolute Gasteiger partial charge is 0.462 e. The van der Waals surface area contributed by atoms with Crippen LogP contribution in [0.2, 0.25) is 0 Å². The van der Waals surface area contributed by atoms with Crippen molar-refractivity contribution in [3.8, 4) is 0 Å². The number of hydrogen-bond acceptors (Lipinski definition) is 4. The van der Waals surface area contributed by atoms with E-state index in [0.29, 0.717) is 6.79 Å². The first-order chi connectivity index (χ1) is 5.00. The first kappa shape index (κ1) is 7.37. The average molecular weight is 144 g/mol. The molecule has 2 heterocycles. The van der Waals surface area contributed by atoms with Crippen molar-refractivity contribution >= 4 is 0 Å². The maximum absolute atomic E-state index is 4.54. The number of ether oxygens (including phenoxy) is 2. The predicted molar refractivity (Wildman–Crippen MR) is 37.0 cm³/mol. The van der Waals surface area contributed by atoms with Crippen LogP contribution in [0.4, 0.5) is 0 Å². The van der Waals surface area contributed by atoms with Gasteiger partial charge >= 0.3 is 0 Å². The average Bonchev–Trinajstić information content (AvgIpc) is 2.67. The SMILES string of the molecule is C1=COCO1.C1CNCN1. The van der Waals surface area contributed by atoms with Crippen molar-refractivity contribution in [2.45, 2.75) is 0 Å². The van der Waals surface area contributed by atoms with E-state index in [9.17, 15) is 0 Å². The molecular formula is C6H12N2O2. The molecule has 0 aromatic carbocycles. The van der Waals surface area contributed by atoms with E-state index < -0.39 is 0 Å². The summed E-state index contributed by atoms with van der Waals surface area (Å²) >= 11 is 0. The highest BCUT2D eigenvalue weighted by molar-refractivity contribution is 4.63. The zero-order valence-corrected chi connectivity index (χ0v) is 5.80. The molecule has 2 aliphatic rings. The fraction of sp³-hybridized carbons (Fsp3) is 0.667. The first-order valence-corrected chi connectivity index (χ1v) is 3.30. The van der Waals surface area contributed by atoms with Crippen LogP contribution in [0.25, 0.3) is 0 Å². The molecule has 0 unspecified atom stereocenters. The first-order valence-electron chi connectivity index (χ1n) is 3.30. The number of rotatable bonds is 0. The van der Waals surface area contributed by atoms with E-state index >= 15 is 0 Å². The molecule has 0 aromatic rings.